The Labute approximate surface area is 136 Å². The molecule has 2 aromatic rings. The zero-order chi connectivity index (χ0) is 10.9. The third kappa shape index (κ3) is 11.1. The summed E-state index contributed by atoms with van der Waals surface area (Å²) in [5, 5.41) is 0. The van der Waals surface area contributed by atoms with Gasteiger partial charge in [0, 0.05) is 0 Å². The van der Waals surface area contributed by atoms with Crippen LogP contribution < -0.4 is 34.5 Å². The second-order valence-electron chi connectivity index (χ2n) is 3.06. The summed E-state index contributed by atoms with van der Waals surface area (Å²) in [6.45, 7) is 0. The van der Waals surface area contributed by atoms with Crippen molar-refractivity contribution in [1.82, 2.24) is 0 Å². The van der Waals surface area contributed by atoms with Gasteiger partial charge in [-0.1, -0.05) is 4.57 Å². The Kier molecular flexibility index (Phi) is 14.7. The monoisotopic (exact) mass is 299 g/mol. The maximum Gasteiger partial charge on any atom is 2.00 e. The predicted molar refractivity (Wildman–Crippen MR) is 60.2 cm³/mol. The minimum Gasteiger partial charge on any atom is -0.596 e. The van der Waals surface area contributed by atoms with Crippen LogP contribution in [0.1, 0.15) is 5.56 Å². The maximum atomic E-state index is 10.1. The van der Waals surface area contributed by atoms with Crippen LogP contribution in [0.25, 0.3) is 0 Å². The van der Waals surface area contributed by atoms with Gasteiger partial charge in [-0.15, -0.1) is 0 Å². The molecular formula is C12H13FeNaO2P+. The fourth-order valence-electron chi connectivity index (χ4n) is 1.12. The van der Waals surface area contributed by atoms with Crippen molar-refractivity contribution in [1.29, 1.82) is 0 Å². The molecule has 0 aliphatic heterocycles. The molecule has 0 saturated carbocycles. The van der Waals surface area contributed by atoms with Crippen LogP contribution in [-0.4, -0.2) is 6.16 Å². The molecule has 0 radical (unpaired) electrons. The van der Waals surface area contributed by atoms with E-state index in [4.69, 9.17) is 0 Å². The first-order valence-electron chi connectivity index (χ1n) is 4.78. The van der Waals surface area contributed by atoms with E-state index in [1.165, 1.54) is 0 Å². The van der Waals surface area contributed by atoms with Crippen molar-refractivity contribution >= 4 is 8.03 Å². The van der Waals surface area contributed by atoms with Gasteiger partial charge in [-0.25, -0.2) is 24.3 Å². The van der Waals surface area contributed by atoms with E-state index in [0.29, 0.717) is 6.42 Å². The van der Waals surface area contributed by atoms with E-state index < -0.39 is 8.03 Å². The van der Waals surface area contributed by atoms with Gasteiger partial charge in [-0.3, -0.25) is 0 Å². The van der Waals surface area contributed by atoms with Crippen LogP contribution in [0.15, 0.2) is 54.6 Å². The fourth-order valence-corrected chi connectivity index (χ4v) is 1.56. The molecule has 0 saturated heterocycles. The molecule has 0 amide bonds. The minimum atomic E-state index is -2.21. The van der Waals surface area contributed by atoms with E-state index in [0.717, 1.165) is 5.56 Å². The predicted octanol–water partition coefficient (Wildman–Crippen LogP) is -0.542. The van der Waals surface area contributed by atoms with Crippen LogP contribution in [0.5, 0.6) is 0 Å². The van der Waals surface area contributed by atoms with Gasteiger partial charge in [-0.2, -0.15) is 35.9 Å². The number of hydrogen-bond acceptors (Lipinski definition) is 2. The van der Waals surface area contributed by atoms with E-state index in [1.807, 2.05) is 54.6 Å². The molecule has 0 N–H and O–H groups in total. The van der Waals surface area contributed by atoms with Crippen LogP contribution in [0.4, 0.5) is 0 Å². The first kappa shape index (κ1) is 19.6. The average Bonchev–Trinajstić information content (AvgIpc) is 2.91. The molecule has 5 heteroatoms. The summed E-state index contributed by atoms with van der Waals surface area (Å²) in [6, 6.07) is 17.7. The van der Waals surface area contributed by atoms with Gasteiger partial charge in [0.15, 0.2) is 0 Å². The van der Waals surface area contributed by atoms with Gasteiger partial charge in [-0.05, 0) is 6.42 Å². The molecule has 0 aliphatic rings. The Morgan fingerprint density at radius 2 is 1.82 bits per heavy atom. The average molecular weight is 299 g/mol. The quantitative estimate of drug-likeness (QED) is 0.434. The summed E-state index contributed by atoms with van der Waals surface area (Å²) in [5.41, 5.74) is 1.10. The van der Waals surface area contributed by atoms with E-state index >= 15 is 0 Å². The van der Waals surface area contributed by atoms with Crippen molar-refractivity contribution in [2.75, 3.05) is 6.16 Å². The van der Waals surface area contributed by atoms with Crippen molar-refractivity contribution in [3.63, 3.8) is 0 Å². The van der Waals surface area contributed by atoms with Gasteiger partial charge >= 0.3 is 54.7 Å². The van der Waals surface area contributed by atoms with Crippen molar-refractivity contribution in [3.8, 4) is 0 Å². The second kappa shape index (κ2) is 12.7. The first-order chi connectivity index (χ1) is 7.29. The van der Waals surface area contributed by atoms with Gasteiger partial charge in [0.05, 0.1) is 0 Å². The van der Waals surface area contributed by atoms with E-state index in [-0.39, 0.29) is 52.8 Å². The van der Waals surface area contributed by atoms with Crippen molar-refractivity contribution in [2.24, 2.45) is 0 Å². The van der Waals surface area contributed by atoms with Crippen molar-refractivity contribution in [2.45, 2.75) is 6.42 Å². The van der Waals surface area contributed by atoms with Crippen molar-refractivity contribution < 1.29 is 56.1 Å². The molecule has 0 aliphatic carbocycles. The molecule has 2 nitrogen and oxygen atoms in total. The Morgan fingerprint density at radius 3 is 2.18 bits per heavy atom. The smallest absolute Gasteiger partial charge is 0.596 e. The summed E-state index contributed by atoms with van der Waals surface area (Å²) in [4.78, 5) is 10.1. The van der Waals surface area contributed by atoms with Crippen LogP contribution in [0, 0.1) is 0 Å². The van der Waals surface area contributed by atoms with Gasteiger partial charge in [0.1, 0.15) is 6.16 Å². The topological polar surface area (TPSA) is 40.1 Å². The zero-order valence-corrected chi connectivity index (χ0v) is 13.7. The second-order valence-corrected chi connectivity index (χ2v) is 4.17. The summed E-state index contributed by atoms with van der Waals surface area (Å²) in [7, 11) is -2.21. The summed E-state index contributed by atoms with van der Waals surface area (Å²) < 4.78 is 10.1. The van der Waals surface area contributed by atoms with Gasteiger partial charge in [0.25, 0.3) is 0 Å². The molecule has 1 unspecified atom stereocenters. The largest absolute Gasteiger partial charge is 2.00 e. The Bertz CT molecular complexity index is 343. The Morgan fingerprint density at radius 1 is 1.18 bits per heavy atom. The molecule has 17 heavy (non-hydrogen) atoms. The Hall–Kier alpha value is 0.279. The first-order valence-corrected chi connectivity index (χ1v) is 6.14. The third-order valence-corrected chi connectivity index (χ3v) is 2.46. The summed E-state index contributed by atoms with van der Waals surface area (Å²) >= 11 is 0. The zero-order valence-electron chi connectivity index (χ0n) is 9.73. The van der Waals surface area contributed by atoms with E-state index in [1.54, 1.807) is 0 Å². The molecule has 2 rings (SSSR count). The molecule has 0 fully saturated rings. The third-order valence-electron chi connectivity index (χ3n) is 1.87. The van der Waals surface area contributed by atoms with Crippen LogP contribution in [-0.2, 0) is 28.1 Å². The Balaban J connectivity index is 0. The van der Waals surface area contributed by atoms with Crippen LogP contribution in [0.3, 0.4) is 0 Å². The maximum absolute atomic E-state index is 10.1. The molecule has 1 atom stereocenters. The molecular weight excluding hydrogens is 286 g/mol. The standard InChI is InChI=1S/C7H8O2P.C5H5.Fe.Na/c8-10(9)6-5-7-3-1-2-4-7;1-2-4-5-3-1;;/h1-4H,5-6H2;1-5H;;/q2*-1;+2;+1. The molecule has 86 valence electrons. The van der Waals surface area contributed by atoms with Crippen LogP contribution in [0.2, 0.25) is 0 Å². The molecule has 2 aromatic carbocycles. The summed E-state index contributed by atoms with van der Waals surface area (Å²) in [5.74, 6) is 0. The number of aryl methyl sites for hydroxylation is 1. The number of rotatable bonds is 3. The minimum absolute atomic E-state index is 0. The van der Waals surface area contributed by atoms with Crippen LogP contribution >= 0.6 is 8.03 Å². The van der Waals surface area contributed by atoms with E-state index in [2.05, 4.69) is 0 Å². The number of hydrogen-bond donors (Lipinski definition) is 0. The molecule has 0 bridgehead atoms. The normalized spacial score (nSPS) is 9.12. The summed E-state index contributed by atoms with van der Waals surface area (Å²) in [6.07, 6.45) is 0.908. The molecule has 0 spiro atoms. The molecule has 0 aromatic heterocycles. The molecule has 0 heterocycles. The SMILES string of the molecule is O=[P+]([O-])CCc1ccc[cH-]1.[Fe+2].[Na+].c1cc[cH-]c1. The fraction of sp³-hybridized carbons (Fsp3) is 0.167. The van der Waals surface area contributed by atoms with Gasteiger partial charge in [0.2, 0.25) is 0 Å². The van der Waals surface area contributed by atoms with E-state index in [9.17, 15) is 9.46 Å². The van der Waals surface area contributed by atoms with Crippen molar-refractivity contribution in [3.05, 3.63) is 60.2 Å². The van der Waals surface area contributed by atoms with Gasteiger partial charge < -0.3 is 4.89 Å².